The van der Waals surface area contributed by atoms with E-state index in [0.717, 1.165) is 17.1 Å². The fraction of sp³-hybridized carbons (Fsp3) is 0.375. The van der Waals surface area contributed by atoms with Gasteiger partial charge in [0.1, 0.15) is 0 Å². The van der Waals surface area contributed by atoms with Gasteiger partial charge in [-0.25, -0.2) is 0 Å². The molecule has 4 nitrogen and oxygen atoms in total. The minimum Gasteiger partial charge on any atom is -0.349 e. The molecule has 1 amide bonds. The van der Waals surface area contributed by atoms with Crippen LogP contribution in [0.15, 0.2) is 0 Å². The summed E-state index contributed by atoms with van der Waals surface area (Å²) in [6.07, 6.45) is 5.07. The predicted octanol–water partition coefficient (Wildman–Crippen LogP) is 1.29. The molecular weight excluding hydrogens is 254 g/mol. The van der Waals surface area contributed by atoms with E-state index < -0.39 is 0 Å². The molecule has 1 heterocycles. The van der Waals surface area contributed by atoms with E-state index in [1.54, 1.807) is 11.8 Å². The second-order valence-electron chi connectivity index (χ2n) is 2.37. The first-order valence-electron chi connectivity index (χ1n) is 4.02. The summed E-state index contributed by atoms with van der Waals surface area (Å²) >= 11 is 8.19. The van der Waals surface area contributed by atoms with Crippen LogP contribution in [0.25, 0.3) is 0 Å². The van der Waals surface area contributed by atoms with Gasteiger partial charge >= 0.3 is 0 Å². The smallest absolute Gasteiger partial charge is 0.282 e. The zero-order valence-electron chi connectivity index (χ0n) is 7.70. The number of terminal acetylenes is 1. The van der Waals surface area contributed by atoms with Crippen LogP contribution in [0, 0.1) is 12.3 Å². The van der Waals surface area contributed by atoms with E-state index in [2.05, 4.69) is 21.4 Å². The lowest BCUT2D eigenvalue weighted by molar-refractivity contribution is 0.0955. The molecule has 0 saturated carbocycles. The van der Waals surface area contributed by atoms with Crippen molar-refractivity contribution in [2.75, 3.05) is 18.1 Å². The number of nitrogens with one attached hydrogen (secondary N) is 1. The van der Waals surface area contributed by atoms with Gasteiger partial charge in [0.05, 0.1) is 5.75 Å². The molecule has 0 aliphatic rings. The van der Waals surface area contributed by atoms with Gasteiger partial charge in [-0.15, -0.1) is 28.4 Å². The maximum atomic E-state index is 11.4. The minimum absolute atomic E-state index is 0.249. The monoisotopic (exact) mass is 261 g/mol. The maximum Gasteiger partial charge on any atom is 0.282 e. The number of thioether (sulfide) groups is 1. The van der Waals surface area contributed by atoms with Gasteiger partial charge in [0.15, 0.2) is 0 Å². The molecule has 0 aliphatic carbocycles. The molecule has 0 spiro atoms. The number of rotatable bonds is 5. The van der Waals surface area contributed by atoms with Crippen LogP contribution in [0.5, 0.6) is 0 Å². The molecule has 0 fully saturated rings. The highest BCUT2D eigenvalue weighted by atomic mass is 35.5. The number of hydrogen-bond donors (Lipinski definition) is 1. The number of amides is 1. The number of hydrogen-bond acceptors (Lipinski definition) is 5. The zero-order valence-corrected chi connectivity index (χ0v) is 10.1. The number of nitrogens with zero attached hydrogens (tertiary/aromatic N) is 2. The largest absolute Gasteiger partial charge is 0.349 e. The maximum absolute atomic E-state index is 11.4. The number of halogens is 1. The molecular formula is C8H8ClN3OS2. The average Bonchev–Trinajstić information content (AvgIpc) is 2.64. The lowest BCUT2D eigenvalue weighted by Gasteiger charge is -2.00. The van der Waals surface area contributed by atoms with Gasteiger partial charge in [-0.05, 0) is 11.6 Å². The van der Waals surface area contributed by atoms with Gasteiger partial charge in [-0.3, -0.25) is 4.79 Å². The molecule has 0 aliphatic heterocycles. The first kappa shape index (κ1) is 12.3. The summed E-state index contributed by atoms with van der Waals surface area (Å²) in [5.74, 6) is 3.69. The number of aromatic nitrogens is 2. The van der Waals surface area contributed by atoms with Crippen molar-refractivity contribution >= 4 is 40.6 Å². The van der Waals surface area contributed by atoms with Gasteiger partial charge in [0.25, 0.3) is 5.91 Å². The van der Waals surface area contributed by atoms with E-state index >= 15 is 0 Å². The van der Waals surface area contributed by atoms with Crippen molar-refractivity contribution < 1.29 is 4.79 Å². The Morgan fingerprint density at radius 3 is 3.07 bits per heavy atom. The molecule has 1 N–H and O–H groups in total. The molecule has 0 atom stereocenters. The first-order valence-corrected chi connectivity index (χ1v) is 6.37. The van der Waals surface area contributed by atoms with Crippen molar-refractivity contribution in [1.29, 1.82) is 0 Å². The Morgan fingerprint density at radius 1 is 1.67 bits per heavy atom. The Morgan fingerprint density at radius 2 is 2.47 bits per heavy atom. The molecule has 7 heteroatoms. The summed E-state index contributed by atoms with van der Waals surface area (Å²) in [5, 5.41) is 10.1. The third-order valence-electron chi connectivity index (χ3n) is 1.31. The van der Waals surface area contributed by atoms with Crippen molar-refractivity contribution in [3.05, 3.63) is 9.47 Å². The van der Waals surface area contributed by atoms with E-state index in [-0.39, 0.29) is 15.4 Å². The SMILES string of the molecule is C#CCSCCNC(=O)c1nnc(Cl)s1. The normalized spacial score (nSPS) is 9.60. The van der Waals surface area contributed by atoms with E-state index in [0.29, 0.717) is 12.3 Å². The van der Waals surface area contributed by atoms with Crippen LogP contribution >= 0.6 is 34.7 Å². The summed E-state index contributed by atoms with van der Waals surface area (Å²) in [5.41, 5.74) is 0. The quantitative estimate of drug-likeness (QED) is 0.641. The molecule has 0 bridgehead atoms. The molecule has 1 aromatic heterocycles. The number of carbonyl (C=O) groups excluding carboxylic acids is 1. The molecule has 0 radical (unpaired) electrons. The van der Waals surface area contributed by atoms with Crippen LogP contribution in [-0.2, 0) is 0 Å². The van der Waals surface area contributed by atoms with Crippen LogP contribution < -0.4 is 5.32 Å². The fourth-order valence-corrected chi connectivity index (χ4v) is 1.99. The molecule has 1 rings (SSSR count). The molecule has 1 aromatic rings. The van der Waals surface area contributed by atoms with Gasteiger partial charge in [0, 0.05) is 12.3 Å². The van der Waals surface area contributed by atoms with Crippen molar-refractivity contribution in [2.45, 2.75) is 0 Å². The number of carbonyl (C=O) groups is 1. The van der Waals surface area contributed by atoms with Gasteiger partial charge in [-0.2, -0.15) is 0 Å². The standard InChI is InChI=1S/C8H8ClN3OS2/c1-2-4-14-5-3-10-6(13)7-11-12-8(9)15-7/h1H,3-5H2,(H,10,13). The summed E-state index contributed by atoms with van der Waals surface area (Å²) in [7, 11) is 0. The van der Waals surface area contributed by atoms with Crippen LogP contribution in [0.3, 0.4) is 0 Å². The average molecular weight is 262 g/mol. The second-order valence-corrected chi connectivity index (χ2v) is 5.04. The summed E-state index contributed by atoms with van der Waals surface area (Å²) in [6.45, 7) is 0.558. The summed E-state index contributed by atoms with van der Waals surface area (Å²) in [6, 6.07) is 0. The minimum atomic E-state index is -0.249. The Labute approximate surface area is 101 Å². The third-order valence-corrected chi connectivity index (χ3v) is 3.19. The zero-order chi connectivity index (χ0) is 11.1. The Hall–Kier alpha value is -0.770. The van der Waals surface area contributed by atoms with E-state index in [9.17, 15) is 4.79 Å². The molecule has 0 unspecified atom stereocenters. The van der Waals surface area contributed by atoms with Gasteiger partial charge < -0.3 is 5.32 Å². The highest BCUT2D eigenvalue weighted by Crippen LogP contribution is 2.14. The molecule has 0 aromatic carbocycles. The van der Waals surface area contributed by atoms with Gasteiger partial charge in [0.2, 0.25) is 9.47 Å². The fourth-order valence-electron chi connectivity index (χ4n) is 0.741. The van der Waals surface area contributed by atoms with Crippen LogP contribution in [-0.4, -0.2) is 34.2 Å². The molecule has 80 valence electrons. The summed E-state index contributed by atoms with van der Waals surface area (Å²) < 4.78 is 0.266. The highest BCUT2D eigenvalue weighted by Gasteiger charge is 2.10. The van der Waals surface area contributed by atoms with Crippen LogP contribution in [0.1, 0.15) is 9.80 Å². The lowest BCUT2D eigenvalue weighted by Crippen LogP contribution is -2.25. The summed E-state index contributed by atoms with van der Waals surface area (Å²) in [4.78, 5) is 11.4. The molecule has 15 heavy (non-hydrogen) atoms. The molecule has 0 saturated heterocycles. The Balaban J connectivity index is 2.23. The lowest BCUT2D eigenvalue weighted by atomic mass is 10.6. The highest BCUT2D eigenvalue weighted by molar-refractivity contribution is 7.99. The van der Waals surface area contributed by atoms with Crippen molar-refractivity contribution in [2.24, 2.45) is 0 Å². The van der Waals surface area contributed by atoms with Crippen molar-refractivity contribution in [1.82, 2.24) is 15.5 Å². The van der Waals surface area contributed by atoms with Gasteiger partial charge in [-0.1, -0.05) is 17.3 Å². The second kappa shape index (κ2) is 6.67. The topological polar surface area (TPSA) is 54.9 Å². The van der Waals surface area contributed by atoms with Crippen LogP contribution in [0.4, 0.5) is 0 Å². The Kier molecular flexibility index (Phi) is 5.47. The predicted molar refractivity (Wildman–Crippen MR) is 63.4 cm³/mol. The van der Waals surface area contributed by atoms with E-state index in [1.807, 2.05) is 0 Å². The van der Waals surface area contributed by atoms with Crippen LogP contribution in [0.2, 0.25) is 4.47 Å². The Bertz CT molecular complexity index is 374. The van der Waals surface area contributed by atoms with Crippen molar-refractivity contribution in [3.63, 3.8) is 0 Å². The first-order chi connectivity index (χ1) is 7.24. The third kappa shape index (κ3) is 4.51. The van der Waals surface area contributed by atoms with E-state index in [1.165, 1.54) is 0 Å². The van der Waals surface area contributed by atoms with E-state index in [4.69, 9.17) is 18.0 Å². The van der Waals surface area contributed by atoms with Crippen molar-refractivity contribution in [3.8, 4) is 12.3 Å².